The number of ether oxygens (including phenoxy) is 3. The van der Waals surface area contributed by atoms with Gasteiger partial charge in [0.25, 0.3) is 10.0 Å². The molecule has 10 heteroatoms. The third kappa shape index (κ3) is 5.36. The maximum absolute atomic E-state index is 13.7. The van der Waals surface area contributed by atoms with E-state index in [1.165, 1.54) is 20.3 Å². The summed E-state index contributed by atoms with van der Waals surface area (Å²) in [6.07, 6.45) is 0.802. The topological polar surface area (TPSA) is 110 Å². The first kappa shape index (κ1) is 25.6. The normalized spacial score (nSPS) is 17.3. The van der Waals surface area contributed by atoms with Crippen LogP contribution >= 0.6 is 11.6 Å². The minimum atomic E-state index is -4.12. The molecule has 0 amide bonds. The fourth-order valence-electron chi connectivity index (χ4n) is 4.07. The number of nitriles is 1. The van der Waals surface area contributed by atoms with Crippen molar-refractivity contribution in [1.82, 2.24) is 5.32 Å². The van der Waals surface area contributed by atoms with Crippen molar-refractivity contribution in [3.05, 3.63) is 65.2 Å². The molecule has 1 aliphatic rings. The van der Waals surface area contributed by atoms with Crippen LogP contribution in [0, 0.1) is 11.3 Å². The summed E-state index contributed by atoms with van der Waals surface area (Å²) in [6, 6.07) is 16.5. The highest BCUT2D eigenvalue weighted by molar-refractivity contribution is 7.92. The first-order chi connectivity index (χ1) is 17.2. The van der Waals surface area contributed by atoms with Gasteiger partial charge in [-0.05, 0) is 49.4 Å². The SMILES string of the molecule is COc1cc(-c2cccc(C#N)c2)c(S(=O)(=O)Nc2ccc(Cl)c(O[C@]3(C)CCNC3)c2)cc1OC. The number of halogens is 1. The molecule has 1 saturated heterocycles. The number of rotatable bonds is 8. The largest absolute Gasteiger partial charge is 0.493 e. The Balaban J connectivity index is 1.76. The van der Waals surface area contributed by atoms with Crippen molar-refractivity contribution in [3.8, 4) is 34.4 Å². The van der Waals surface area contributed by atoms with E-state index in [4.69, 9.17) is 25.8 Å². The molecule has 3 aromatic rings. The number of hydrogen-bond acceptors (Lipinski definition) is 7. The molecule has 3 aromatic carbocycles. The molecule has 0 bridgehead atoms. The van der Waals surface area contributed by atoms with Crippen LogP contribution in [-0.4, -0.2) is 41.3 Å². The maximum Gasteiger partial charge on any atom is 0.262 e. The highest BCUT2D eigenvalue weighted by atomic mass is 35.5. The van der Waals surface area contributed by atoms with Gasteiger partial charge in [-0.15, -0.1) is 0 Å². The molecule has 0 saturated carbocycles. The van der Waals surface area contributed by atoms with Crippen molar-refractivity contribution in [2.24, 2.45) is 0 Å². The van der Waals surface area contributed by atoms with Gasteiger partial charge in [-0.1, -0.05) is 23.7 Å². The third-order valence-electron chi connectivity index (χ3n) is 5.95. The average Bonchev–Trinajstić information content (AvgIpc) is 3.30. The summed E-state index contributed by atoms with van der Waals surface area (Å²) in [5.41, 5.74) is 1.14. The van der Waals surface area contributed by atoms with Crippen LogP contribution in [0.3, 0.4) is 0 Å². The Morgan fingerprint density at radius 3 is 2.47 bits per heavy atom. The Bertz CT molecular complexity index is 1430. The Morgan fingerprint density at radius 1 is 1.06 bits per heavy atom. The van der Waals surface area contributed by atoms with Crippen LogP contribution in [0.2, 0.25) is 5.02 Å². The predicted molar refractivity (Wildman–Crippen MR) is 138 cm³/mol. The molecule has 0 spiro atoms. The highest BCUT2D eigenvalue weighted by Gasteiger charge is 2.31. The Morgan fingerprint density at radius 2 is 1.81 bits per heavy atom. The molecule has 2 N–H and O–H groups in total. The summed E-state index contributed by atoms with van der Waals surface area (Å²) in [6.45, 7) is 3.47. The van der Waals surface area contributed by atoms with Crippen molar-refractivity contribution in [2.45, 2.75) is 23.8 Å². The fourth-order valence-corrected chi connectivity index (χ4v) is 5.50. The maximum atomic E-state index is 13.7. The summed E-state index contributed by atoms with van der Waals surface area (Å²) in [5, 5.41) is 13.0. The lowest BCUT2D eigenvalue weighted by Crippen LogP contribution is -2.34. The van der Waals surface area contributed by atoms with Crippen molar-refractivity contribution in [1.29, 1.82) is 5.26 Å². The molecule has 36 heavy (non-hydrogen) atoms. The Kier molecular flexibility index (Phi) is 7.31. The quantitative estimate of drug-likeness (QED) is 0.432. The first-order valence-corrected chi connectivity index (χ1v) is 13.0. The van der Waals surface area contributed by atoms with Crippen LogP contribution in [0.5, 0.6) is 17.2 Å². The standard InChI is InChI=1S/C26H26ClN3O5S/c1-26(9-10-29-16-26)35-22-12-19(7-8-21(22)27)30-36(31,32)25-14-24(34-3)23(33-2)13-20(25)18-6-4-5-17(11-18)15-28/h4-8,11-14,29-30H,9-10,16H2,1-3H3/t26-/m1/s1. The number of nitrogens with zero attached hydrogens (tertiary/aromatic N) is 1. The van der Waals surface area contributed by atoms with Gasteiger partial charge >= 0.3 is 0 Å². The van der Waals surface area contributed by atoms with Gasteiger partial charge in [0, 0.05) is 30.7 Å². The molecule has 8 nitrogen and oxygen atoms in total. The van der Waals surface area contributed by atoms with Gasteiger partial charge in [0.05, 0.1) is 41.5 Å². The summed E-state index contributed by atoms with van der Waals surface area (Å²) in [5.74, 6) is 0.992. The highest BCUT2D eigenvalue weighted by Crippen LogP contribution is 2.39. The lowest BCUT2D eigenvalue weighted by Gasteiger charge is -2.26. The van der Waals surface area contributed by atoms with E-state index in [2.05, 4.69) is 16.1 Å². The summed E-state index contributed by atoms with van der Waals surface area (Å²) >= 11 is 6.35. The zero-order valence-corrected chi connectivity index (χ0v) is 21.7. The van der Waals surface area contributed by atoms with Crippen LogP contribution < -0.4 is 24.2 Å². The zero-order chi connectivity index (χ0) is 25.9. The van der Waals surface area contributed by atoms with Gasteiger partial charge < -0.3 is 19.5 Å². The van der Waals surface area contributed by atoms with E-state index in [-0.39, 0.29) is 16.3 Å². The third-order valence-corrected chi connectivity index (χ3v) is 7.68. The van der Waals surface area contributed by atoms with Gasteiger partial charge in [-0.3, -0.25) is 4.72 Å². The van der Waals surface area contributed by atoms with E-state index < -0.39 is 15.6 Å². The van der Waals surface area contributed by atoms with E-state index in [1.807, 2.05) is 6.92 Å². The van der Waals surface area contributed by atoms with E-state index in [0.29, 0.717) is 39.8 Å². The van der Waals surface area contributed by atoms with E-state index in [0.717, 1.165) is 13.0 Å². The van der Waals surface area contributed by atoms with Crippen molar-refractivity contribution >= 4 is 27.3 Å². The Hall–Kier alpha value is -3.45. The van der Waals surface area contributed by atoms with Gasteiger partial charge in [-0.25, -0.2) is 8.42 Å². The number of hydrogen-bond donors (Lipinski definition) is 2. The molecule has 1 heterocycles. The number of nitrogens with one attached hydrogen (secondary N) is 2. The molecular weight excluding hydrogens is 502 g/mol. The van der Waals surface area contributed by atoms with Crippen molar-refractivity contribution in [2.75, 3.05) is 32.0 Å². The number of anilines is 1. The fraction of sp³-hybridized carbons (Fsp3) is 0.269. The molecule has 0 unspecified atom stereocenters. The Labute approximate surface area is 215 Å². The lowest BCUT2D eigenvalue weighted by molar-refractivity contribution is 0.111. The molecule has 0 aliphatic carbocycles. The molecule has 4 rings (SSSR count). The van der Waals surface area contributed by atoms with Gasteiger partial charge in [0.2, 0.25) is 0 Å². The minimum absolute atomic E-state index is 0.0420. The van der Waals surface area contributed by atoms with Crippen molar-refractivity contribution < 1.29 is 22.6 Å². The minimum Gasteiger partial charge on any atom is -0.493 e. The van der Waals surface area contributed by atoms with Crippen LogP contribution in [0.4, 0.5) is 5.69 Å². The van der Waals surface area contributed by atoms with Gasteiger partial charge in [0.1, 0.15) is 11.4 Å². The summed E-state index contributed by atoms with van der Waals surface area (Å²) in [7, 11) is -1.22. The van der Waals surface area contributed by atoms with E-state index in [1.54, 1.807) is 48.5 Å². The smallest absolute Gasteiger partial charge is 0.262 e. The summed E-state index contributed by atoms with van der Waals surface area (Å²) in [4.78, 5) is -0.0420. The van der Waals surface area contributed by atoms with E-state index in [9.17, 15) is 13.7 Å². The molecular formula is C26H26ClN3O5S. The van der Waals surface area contributed by atoms with Crippen LogP contribution in [-0.2, 0) is 10.0 Å². The molecule has 1 aliphatic heterocycles. The van der Waals surface area contributed by atoms with Crippen molar-refractivity contribution in [3.63, 3.8) is 0 Å². The average molecular weight is 528 g/mol. The monoisotopic (exact) mass is 527 g/mol. The van der Waals surface area contributed by atoms with Crippen LogP contribution in [0.15, 0.2) is 59.5 Å². The molecule has 0 radical (unpaired) electrons. The number of sulfonamides is 1. The predicted octanol–water partition coefficient (Wildman–Crippen LogP) is 4.83. The second kappa shape index (κ2) is 10.3. The van der Waals surface area contributed by atoms with Gasteiger partial charge in [0.15, 0.2) is 11.5 Å². The molecule has 1 atom stereocenters. The second-order valence-electron chi connectivity index (χ2n) is 8.63. The van der Waals surface area contributed by atoms with Gasteiger partial charge in [-0.2, -0.15) is 5.26 Å². The van der Waals surface area contributed by atoms with E-state index >= 15 is 0 Å². The van der Waals surface area contributed by atoms with Crippen LogP contribution in [0.25, 0.3) is 11.1 Å². The molecule has 0 aromatic heterocycles. The number of methoxy groups -OCH3 is 2. The first-order valence-electron chi connectivity index (χ1n) is 11.2. The molecule has 1 fully saturated rings. The lowest BCUT2D eigenvalue weighted by atomic mass is 10.0. The zero-order valence-electron chi connectivity index (χ0n) is 20.1. The molecule has 188 valence electrons. The second-order valence-corrected chi connectivity index (χ2v) is 10.7. The number of benzene rings is 3. The van der Waals surface area contributed by atoms with Crippen LogP contribution in [0.1, 0.15) is 18.9 Å². The summed E-state index contributed by atoms with van der Waals surface area (Å²) < 4.78 is 46.9.